The van der Waals surface area contributed by atoms with Crippen LogP contribution in [0.3, 0.4) is 0 Å². The molecule has 0 saturated carbocycles. The molecule has 1 aliphatic heterocycles. The summed E-state index contributed by atoms with van der Waals surface area (Å²) in [6.07, 6.45) is -3.83. The summed E-state index contributed by atoms with van der Waals surface area (Å²) in [5.41, 5.74) is 0.587. The normalized spacial score (nSPS) is 14.2. The number of amides is 1. The van der Waals surface area contributed by atoms with E-state index in [4.69, 9.17) is 4.74 Å². The van der Waals surface area contributed by atoms with Crippen molar-refractivity contribution in [2.45, 2.75) is 12.3 Å². The number of para-hydroxylation sites is 1. The molecule has 1 aliphatic rings. The van der Waals surface area contributed by atoms with Crippen LogP contribution in [-0.4, -0.2) is 38.0 Å². The highest BCUT2D eigenvalue weighted by molar-refractivity contribution is 5.99. The average Bonchev–Trinajstić information content (AvgIpc) is 2.44. The molecule has 0 saturated heterocycles. The van der Waals surface area contributed by atoms with Crippen molar-refractivity contribution in [1.82, 2.24) is 5.32 Å². The van der Waals surface area contributed by atoms with Crippen molar-refractivity contribution in [3.63, 3.8) is 0 Å². The second-order valence-corrected chi connectivity index (χ2v) is 4.20. The van der Waals surface area contributed by atoms with Crippen molar-refractivity contribution >= 4 is 11.6 Å². The van der Waals surface area contributed by atoms with Crippen molar-refractivity contribution in [3.05, 3.63) is 23.8 Å². The minimum Gasteiger partial charge on any atom is -0.489 e. The molecule has 4 nitrogen and oxygen atoms in total. The third-order valence-corrected chi connectivity index (χ3v) is 2.73. The molecular weight excluding hydrogens is 280 g/mol. The van der Waals surface area contributed by atoms with Gasteiger partial charge >= 0.3 is 12.3 Å². The zero-order valence-corrected chi connectivity index (χ0v) is 10.3. The van der Waals surface area contributed by atoms with Crippen molar-refractivity contribution in [3.8, 4) is 5.75 Å². The Morgan fingerprint density at radius 2 is 2.20 bits per heavy atom. The number of rotatable bonds is 4. The van der Waals surface area contributed by atoms with Crippen LogP contribution >= 0.6 is 0 Å². The molecule has 1 aromatic rings. The van der Waals surface area contributed by atoms with Gasteiger partial charge in [-0.2, -0.15) is 8.78 Å². The second-order valence-electron chi connectivity index (χ2n) is 4.20. The molecule has 0 atom stereocenters. The van der Waals surface area contributed by atoms with Gasteiger partial charge < -0.3 is 15.4 Å². The van der Waals surface area contributed by atoms with Gasteiger partial charge in [0.15, 0.2) is 5.75 Å². The predicted molar refractivity (Wildman–Crippen MR) is 63.7 cm³/mol. The number of hydrogen-bond acceptors (Lipinski definition) is 3. The van der Waals surface area contributed by atoms with E-state index in [1.165, 1.54) is 6.07 Å². The van der Waals surface area contributed by atoms with Crippen LogP contribution < -0.4 is 15.4 Å². The Morgan fingerprint density at radius 3 is 2.90 bits per heavy atom. The topological polar surface area (TPSA) is 50.4 Å². The lowest BCUT2D eigenvalue weighted by molar-refractivity contribution is -0.123. The monoisotopic (exact) mass is 292 g/mol. The maximum Gasteiger partial charge on any atom is 0.324 e. The molecule has 0 aromatic heterocycles. The van der Waals surface area contributed by atoms with Crippen LogP contribution in [0.2, 0.25) is 0 Å². The lowest BCUT2D eigenvalue weighted by Crippen LogP contribution is -2.41. The number of carbonyl (C=O) groups excluding carboxylic acids is 1. The van der Waals surface area contributed by atoms with Gasteiger partial charge in [0.25, 0.3) is 5.91 Å². The Bertz CT molecular complexity index is 508. The Labute approximate surface area is 112 Å². The lowest BCUT2D eigenvalue weighted by Gasteiger charge is -2.22. The smallest absolute Gasteiger partial charge is 0.324 e. The molecule has 1 heterocycles. The van der Waals surface area contributed by atoms with E-state index in [0.717, 1.165) is 0 Å². The van der Waals surface area contributed by atoms with E-state index in [2.05, 4.69) is 5.32 Å². The molecule has 2 N–H and O–H groups in total. The molecule has 0 bridgehead atoms. The van der Waals surface area contributed by atoms with Crippen LogP contribution in [0.1, 0.15) is 10.4 Å². The summed E-state index contributed by atoms with van der Waals surface area (Å²) >= 11 is 0. The van der Waals surface area contributed by atoms with E-state index in [1.54, 1.807) is 17.4 Å². The predicted octanol–water partition coefficient (Wildman–Crippen LogP) is 2.12. The van der Waals surface area contributed by atoms with Gasteiger partial charge in [-0.3, -0.25) is 4.79 Å². The maximum atomic E-state index is 12.8. The number of anilines is 1. The highest BCUT2D eigenvalue weighted by atomic mass is 19.3. The highest BCUT2D eigenvalue weighted by Gasteiger charge is 2.41. The van der Waals surface area contributed by atoms with Crippen molar-refractivity contribution in [2.24, 2.45) is 0 Å². The van der Waals surface area contributed by atoms with E-state index >= 15 is 0 Å². The van der Waals surface area contributed by atoms with Crippen LogP contribution in [0.4, 0.5) is 23.2 Å². The molecule has 8 heteroatoms. The summed E-state index contributed by atoms with van der Waals surface area (Å²) in [6.45, 7) is -0.549. The van der Waals surface area contributed by atoms with Crippen molar-refractivity contribution in [1.29, 1.82) is 0 Å². The number of halogens is 4. The highest BCUT2D eigenvalue weighted by Crippen LogP contribution is 2.31. The van der Waals surface area contributed by atoms with Crippen LogP contribution in [0, 0.1) is 0 Å². The number of benzene rings is 1. The van der Waals surface area contributed by atoms with Gasteiger partial charge in [-0.1, -0.05) is 6.07 Å². The van der Waals surface area contributed by atoms with Gasteiger partial charge in [0.1, 0.15) is 6.61 Å². The van der Waals surface area contributed by atoms with Gasteiger partial charge in [-0.05, 0) is 12.1 Å². The summed E-state index contributed by atoms with van der Waals surface area (Å²) in [5, 5.41) is 4.77. The minimum atomic E-state index is -4.26. The first-order chi connectivity index (χ1) is 9.42. The van der Waals surface area contributed by atoms with Gasteiger partial charge in [-0.25, -0.2) is 8.78 Å². The fraction of sp³-hybridized carbons (Fsp3) is 0.417. The van der Waals surface area contributed by atoms with E-state index < -0.39 is 24.8 Å². The molecule has 110 valence electrons. The number of alkyl halides is 4. The van der Waals surface area contributed by atoms with Crippen LogP contribution in [0.15, 0.2) is 18.2 Å². The summed E-state index contributed by atoms with van der Waals surface area (Å²) in [5.74, 6) is -4.91. The lowest BCUT2D eigenvalue weighted by atomic mass is 10.1. The number of carbonyl (C=O) groups is 1. The second kappa shape index (κ2) is 5.56. The SMILES string of the molecule is O=C(NCC(F)(F)C(F)F)c1cccc2c1OCCN2. The van der Waals surface area contributed by atoms with Gasteiger partial charge in [0, 0.05) is 6.54 Å². The molecule has 1 aromatic carbocycles. The zero-order chi connectivity index (χ0) is 14.8. The number of nitrogens with one attached hydrogen (secondary N) is 2. The first kappa shape index (κ1) is 14.4. The molecule has 0 fully saturated rings. The summed E-state index contributed by atoms with van der Waals surface area (Å²) in [7, 11) is 0. The van der Waals surface area contributed by atoms with Gasteiger partial charge in [-0.15, -0.1) is 0 Å². The first-order valence-corrected chi connectivity index (χ1v) is 5.85. The molecule has 0 spiro atoms. The Balaban J connectivity index is 2.10. The van der Waals surface area contributed by atoms with E-state index in [0.29, 0.717) is 18.8 Å². The molecule has 1 amide bonds. The van der Waals surface area contributed by atoms with E-state index in [9.17, 15) is 22.4 Å². The third-order valence-electron chi connectivity index (χ3n) is 2.73. The average molecular weight is 292 g/mol. The van der Waals surface area contributed by atoms with Crippen LogP contribution in [0.5, 0.6) is 5.75 Å². The molecular formula is C12H12F4N2O2. The van der Waals surface area contributed by atoms with E-state index in [-0.39, 0.29) is 11.3 Å². The molecule has 0 unspecified atom stereocenters. The Kier molecular flexibility index (Phi) is 4.01. The number of hydrogen-bond donors (Lipinski definition) is 2. The quantitative estimate of drug-likeness (QED) is 0.836. The third kappa shape index (κ3) is 2.94. The zero-order valence-electron chi connectivity index (χ0n) is 10.3. The first-order valence-electron chi connectivity index (χ1n) is 5.85. The van der Waals surface area contributed by atoms with Crippen LogP contribution in [-0.2, 0) is 0 Å². The maximum absolute atomic E-state index is 12.8. The fourth-order valence-electron chi connectivity index (χ4n) is 1.72. The molecule has 2 rings (SSSR count). The number of ether oxygens (including phenoxy) is 1. The van der Waals surface area contributed by atoms with Crippen molar-refractivity contribution in [2.75, 3.05) is 25.0 Å². The van der Waals surface area contributed by atoms with Crippen LogP contribution in [0.25, 0.3) is 0 Å². The standard InChI is InChI=1S/C12H12F4N2O2/c13-11(14)12(15,16)6-18-10(19)7-2-1-3-8-9(7)20-5-4-17-8/h1-3,11,17H,4-6H2,(H,18,19). The largest absolute Gasteiger partial charge is 0.489 e. The number of fused-ring (bicyclic) bond motifs is 1. The minimum absolute atomic E-state index is 0.0276. The molecule has 0 aliphatic carbocycles. The Hall–Kier alpha value is -1.99. The molecule has 20 heavy (non-hydrogen) atoms. The van der Waals surface area contributed by atoms with E-state index in [1.807, 2.05) is 0 Å². The van der Waals surface area contributed by atoms with Gasteiger partial charge in [0.2, 0.25) is 0 Å². The Morgan fingerprint density at radius 1 is 1.45 bits per heavy atom. The van der Waals surface area contributed by atoms with Gasteiger partial charge in [0.05, 0.1) is 17.8 Å². The summed E-state index contributed by atoms with van der Waals surface area (Å²) < 4.78 is 54.8. The summed E-state index contributed by atoms with van der Waals surface area (Å²) in [6, 6.07) is 4.58. The summed E-state index contributed by atoms with van der Waals surface area (Å²) in [4.78, 5) is 11.8. The molecule has 0 radical (unpaired) electrons. The fourth-order valence-corrected chi connectivity index (χ4v) is 1.72. The van der Waals surface area contributed by atoms with Crippen molar-refractivity contribution < 1.29 is 27.1 Å².